The molecule has 1 aliphatic carbocycles. The van der Waals surface area contributed by atoms with Crippen LogP contribution in [0.3, 0.4) is 0 Å². The number of nitro benzene ring substituents is 1. The normalized spacial score (nSPS) is 16.1. The molecule has 104 valence electrons. The number of hydrogen-bond donors (Lipinski definition) is 1. The number of non-ortho nitro benzene ring substituents is 1. The minimum Gasteiger partial charge on any atom is -0.382 e. The van der Waals surface area contributed by atoms with Crippen LogP contribution < -0.4 is 5.32 Å². The van der Waals surface area contributed by atoms with Gasteiger partial charge in [0.1, 0.15) is 5.52 Å². The van der Waals surface area contributed by atoms with E-state index in [1.165, 1.54) is 18.9 Å². The summed E-state index contributed by atoms with van der Waals surface area (Å²) in [7, 11) is 0. The van der Waals surface area contributed by atoms with Gasteiger partial charge in [-0.3, -0.25) is 10.1 Å². The average Bonchev–Trinajstić information content (AvgIpc) is 3.22. The number of nitrogens with zero attached hydrogens (tertiary/aromatic N) is 2. The van der Waals surface area contributed by atoms with E-state index in [4.69, 9.17) is 0 Å². The van der Waals surface area contributed by atoms with E-state index >= 15 is 0 Å². The first-order chi connectivity index (χ1) is 9.65. The van der Waals surface area contributed by atoms with Crippen LogP contribution in [0.1, 0.15) is 26.2 Å². The number of anilines is 1. The fourth-order valence-electron chi connectivity index (χ4n) is 2.61. The van der Waals surface area contributed by atoms with Gasteiger partial charge in [-0.25, -0.2) is 4.98 Å². The molecule has 1 unspecified atom stereocenters. The molecular formula is C15H17N3O2. The van der Waals surface area contributed by atoms with Crippen LogP contribution in [0, 0.1) is 16.0 Å². The van der Waals surface area contributed by atoms with Crippen molar-refractivity contribution in [2.75, 3.05) is 5.32 Å². The second kappa shape index (κ2) is 5.07. The molecule has 1 N–H and O–H groups in total. The lowest BCUT2D eigenvalue weighted by atomic mass is 10.1. The molecule has 1 fully saturated rings. The van der Waals surface area contributed by atoms with Crippen molar-refractivity contribution >= 4 is 22.3 Å². The van der Waals surface area contributed by atoms with Crippen molar-refractivity contribution in [1.82, 2.24) is 4.98 Å². The quantitative estimate of drug-likeness (QED) is 0.664. The van der Waals surface area contributed by atoms with Crippen LogP contribution in [0.15, 0.2) is 30.5 Å². The van der Waals surface area contributed by atoms with Crippen LogP contribution in [-0.4, -0.2) is 15.9 Å². The second-order valence-corrected chi connectivity index (χ2v) is 5.51. The van der Waals surface area contributed by atoms with Gasteiger partial charge in [-0.1, -0.05) is 12.8 Å². The van der Waals surface area contributed by atoms with Crippen molar-refractivity contribution in [3.05, 3.63) is 40.6 Å². The van der Waals surface area contributed by atoms with Gasteiger partial charge in [0.05, 0.1) is 4.92 Å². The highest BCUT2D eigenvalue weighted by atomic mass is 16.6. The maximum absolute atomic E-state index is 11.0. The maximum Gasteiger partial charge on any atom is 0.295 e. The molecule has 0 spiro atoms. The third-order valence-electron chi connectivity index (χ3n) is 3.73. The van der Waals surface area contributed by atoms with E-state index < -0.39 is 0 Å². The maximum atomic E-state index is 11.0. The number of nitro groups is 1. The van der Waals surface area contributed by atoms with Gasteiger partial charge in [-0.2, -0.15) is 0 Å². The summed E-state index contributed by atoms with van der Waals surface area (Å²) in [6, 6.07) is 7.37. The minimum atomic E-state index is -0.382. The van der Waals surface area contributed by atoms with Crippen LogP contribution in [0.25, 0.3) is 10.9 Å². The van der Waals surface area contributed by atoms with E-state index in [1.807, 2.05) is 12.1 Å². The molecule has 1 aromatic heterocycles. The number of pyridine rings is 1. The molecule has 5 nitrogen and oxygen atoms in total. The molecule has 0 saturated heterocycles. The van der Waals surface area contributed by atoms with Gasteiger partial charge in [-0.15, -0.1) is 0 Å². The zero-order chi connectivity index (χ0) is 14.1. The molecule has 1 aliphatic rings. The molecule has 2 aromatic rings. The van der Waals surface area contributed by atoms with E-state index in [0.717, 1.165) is 23.4 Å². The first-order valence-electron chi connectivity index (χ1n) is 6.94. The van der Waals surface area contributed by atoms with Gasteiger partial charge in [0.25, 0.3) is 5.69 Å². The molecule has 1 saturated carbocycles. The number of hydrogen-bond acceptors (Lipinski definition) is 4. The number of fused-ring (bicyclic) bond motifs is 1. The summed E-state index contributed by atoms with van der Waals surface area (Å²) in [5.74, 6) is 0.847. The molecule has 20 heavy (non-hydrogen) atoms. The number of aromatic nitrogens is 1. The predicted octanol–water partition coefficient (Wildman–Crippen LogP) is 3.74. The number of nitrogens with one attached hydrogen (secondary N) is 1. The Hall–Kier alpha value is -2.17. The summed E-state index contributed by atoms with van der Waals surface area (Å²) < 4.78 is 0. The fraction of sp³-hybridized carbons (Fsp3) is 0.400. The first-order valence-corrected chi connectivity index (χ1v) is 6.94. The largest absolute Gasteiger partial charge is 0.382 e. The van der Waals surface area contributed by atoms with E-state index in [1.54, 1.807) is 12.3 Å². The van der Waals surface area contributed by atoms with Crippen molar-refractivity contribution in [3.63, 3.8) is 0 Å². The van der Waals surface area contributed by atoms with E-state index in [9.17, 15) is 10.1 Å². The van der Waals surface area contributed by atoms with Crippen molar-refractivity contribution in [2.45, 2.75) is 32.2 Å². The number of benzene rings is 1. The molecule has 0 aliphatic heterocycles. The van der Waals surface area contributed by atoms with Gasteiger partial charge >= 0.3 is 0 Å². The van der Waals surface area contributed by atoms with Gasteiger partial charge < -0.3 is 5.32 Å². The Labute approximate surface area is 117 Å². The Morgan fingerprint density at radius 2 is 2.25 bits per heavy atom. The Kier molecular flexibility index (Phi) is 3.26. The SMILES string of the molecule is CC(CC1CC1)Nc1ccc([N+](=O)[O-])c2ncccc12. The van der Waals surface area contributed by atoms with E-state index in [0.29, 0.717) is 11.6 Å². The summed E-state index contributed by atoms with van der Waals surface area (Å²) in [5.41, 5.74) is 1.42. The Bertz CT molecular complexity index is 653. The summed E-state index contributed by atoms with van der Waals surface area (Å²) in [4.78, 5) is 14.8. The van der Waals surface area contributed by atoms with Crippen molar-refractivity contribution in [3.8, 4) is 0 Å². The average molecular weight is 271 g/mol. The monoisotopic (exact) mass is 271 g/mol. The van der Waals surface area contributed by atoms with Crippen LogP contribution >= 0.6 is 0 Å². The van der Waals surface area contributed by atoms with E-state index in [-0.39, 0.29) is 10.6 Å². The van der Waals surface area contributed by atoms with Gasteiger partial charge in [0.15, 0.2) is 0 Å². The Morgan fingerprint density at radius 3 is 2.95 bits per heavy atom. The van der Waals surface area contributed by atoms with Crippen LogP contribution in [-0.2, 0) is 0 Å². The highest BCUT2D eigenvalue weighted by Crippen LogP contribution is 2.35. The molecular weight excluding hydrogens is 254 g/mol. The Balaban J connectivity index is 1.94. The first kappa shape index (κ1) is 12.8. The third kappa shape index (κ3) is 2.57. The molecule has 3 rings (SSSR count). The zero-order valence-corrected chi connectivity index (χ0v) is 11.4. The lowest BCUT2D eigenvalue weighted by Crippen LogP contribution is -2.16. The molecule has 0 bridgehead atoms. The van der Waals surface area contributed by atoms with Crippen molar-refractivity contribution in [1.29, 1.82) is 0 Å². The van der Waals surface area contributed by atoms with Crippen molar-refractivity contribution < 1.29 is 4.92 Å². The smallest absolute Gasteiger partial charge is 0.295 e. The predicted molar refractivity (Wildman–Crippen MR) is 78.8 cm³/mol. The highest BCUT2D eigenvalue weighted by molar-refractivity contribution is 5.96. The standard InChI is InChI=1S/C15H17N3O2/c1-10(9-11-4-5-11)17-13-6-7-14(18(19)20)15-12(13)3-2-8-16-15/h2-3,6-8,10-11,17H,4-5,9H2,1H3. The topological polar surface area (TPSA) is 68.1 Å². The molecule has 1 atom stereocenters. The second-order valence-electron chi connectivity index (χ2n) is 5.51. The molecule has 0 amide bonds. The fourth-order valence-corrected chi connectivity index (χ4v) is 2.61. The molecule has 1 heterocycles. The summed E-state index contributed by atoms with van der Waals surface area (Å²) in [6.45, 7) is 2.15. The van der Waals surface area contributed by atoms with Gasteiger partial charge in [-0.05, 0) is 37.5 Å². The van der Waals surface area contributed by atoms with Gasteiger partial charge in [0.2, 0.25) is 0 Å². The minimum absolute atomic E-state index is 0.0565. The Morgan fingerprint density at radius 1 is 1.45 bits per heavy atom. The summed E-state index contributed by atoms with van der Waals surface area (Å²) in [6.07, 6.45) is 5.40. The summed E-state index contributed by atoms with van der Waals surface area (Å²) in [5, 5.41) is 15.3. The van der Waals surface area contributed by atoms with Crippen molar-refractivity contribution in [2.24, 2.45) is 5.92 Å². The molecule has 1 aromatic carbocycles. The summed E-state index contributed by atoms with van der Waals surface area (Å²) >= 11 is 0. The third-order valence-corrected chi connectivity index (χ3v) is 3.73. The molecule has 5 heteroatoms. The van der Waals surface area contributed by atoms with Crippen LogP contribution in [0.5, 0.6) is 0 Å². The van der Waals surface area contributed by atoms with Gasteiger partial charge in [0, 0.05) is 29.4 Å². The molecule has 0 radical (unpaired) electrons. The lowest BCUT2D eigenvalue weighted by molar-refractivity contribution is -0.383. The lowest BCUT2D eigenvalue weighted by Gasteiger charge is -2.16. The zero-order valence-electron chi connectivity index (χ0n) is 11.4. The highest BCUT2D eigenvalue weighted by Gasteiger charge is 2.24. The van der Waals surface area contributed by atoms with Crippen LogP contribution in [0.4, 0.5) is 11.4 Å². The van der Waals surface area contributed by atoms with Crippen LogP contribution in [0.2, 0.25) is 0 Å². The number of rotatable bonds is 5. The van der Waals surface area contributed by atoms with E-state index in [2.05, 4.69) is 17.2 Å².